The van der Waals surface area contributed by atoms with Crippen LogP contribution in [0.4, 0.5) is 5.69 Å². The Morgan fingerprint density at radius 1 is 1.28 bits per heavy atom. The minimum Gasteiger partial charge on any atom is -0.369 e. The number of para-hydroxylation sites is 1. The van der Waals surface area contributed by atoms with E-state index in [-0.39, 0.29) is 24.0 Å². The predicted octanol–water partition coefficient (Wildman–Crippen LogP) is 2.81. The van der Waals surface area contributed by atoms with E-state index in [1.165, 1.54) is 5.69 Å². The molecule has 1 aliphatic rings. The van der Waals surface area contributed by atoms with Gasteiger partial charge in [0.2, 0.25) is 0 Å². The SMILES string of the molecule is CSCCCNC(=NCc1nnc(C)n1C)NC1CCN(c2ccccc2)C1.I. The lowest BCUT2D eigenvalue weighted by Crippen LogP contribution is -2.45. The summed E-state index contributed by atoms with van der Waals surface area (Å²) in [5.74, 6) is 3.79. The third-order valence-corrected chi connectivity index (χ3v) is 5.73. The zero-order valence-electron chi connectivity index (χ0n) is 17.5. The molecule has 29 heavy (non-hydrogen) atoms. The minimum atomic E-state index is 0. The number of aryl methyl sites for hydroxylation is 1. The average molecular weight is 529 g/mol. The first-order valence-electron chi connectivity index (χ1n) is 9.86. The predicted molar refractivity (Wildman–Crippen MR) is 133 cm³/mol. The first-order chi connectivity index (χ1) is 13.7. The standard InChI is InChI=1S/C20H31N7S.HI/c1-16-24-25-19(26(16)2)14-22-20(21-11-7-13-28-3)23-17-10-12-27(15-17)18-8-5-4-6-9-18;/h4-6,8-9,17H,7,10-15H2,1-3H3,(H2,21,22,23);1H. The molecule has 0 aliphatic carbocycles. The van der Waals surface area contributed by atoms with Crippen LogP contribution < -0.4 is 15.5 Å². The van der Waals surface area contributed by atoms with Gasteiger partial charge in [-0.25, -0.2) is 4.99 Å². The zero-order valence-corrected chi connectivity index (χ0v) is 20.6. The lowest BCUT2D eigenvalue weighted by atomic mass is 10.2. The molecule has 2 N–H and O–H groups in total. The van der Waals surface area contributed by atoms with E-state index in [9.17, 15) is 0 Å². The van der Waals surface area contributed by atoms with Gasteiger partial charge < -0.3 is 20.1 Å². The van der Waals surface area contributed by atoms with Gasteiger partial charge in [-0.2, -0.15) is 11.8 Å². The summed E-state index contributed by atoms with van der Waals surface area (Å²) in [6, 6.07) is 11.0. The van der Waals surface area contributed by atoms with Crippen LogP contribution in [0.15, 0.2) is 35.3 Å². The molecule has 3 rings (SSSR count). The number of nitrogens with one attached hydrogen (secondary N) is 2. The van der Waals surface area contributed by atoms with Gasteiger partial charge in [0.25, 0.3) is 0 Å². The first kappa shape index (κ1) is 23.8. The van der Waals surface area contributed by atoms with E-state index >= 15 is 0 Å². The van der Waals surface area contributed by atoms with Gasteiger partial charge in [0.05, 0.1) is 0 Å². The molecule has 0 saturated carbocycles. The van der Waals surface area contributed by atoms with Crippen molar-refractivity contribution in [2.24, 2.45) is 12.0 Å². The number of aliphatic imine (C=N–C) groups is 1. The Bertz CT molecular complexity index is 765. The highest BCUT2D eigenvalue weighted by Gasteiger charge is 2.23. The molecule has 1 atom stereocenters. The summed E-state index contributed by atoms with van der Waals surface area (Å²) in [5, 5.41) is 15.4. The Labute approximate surface area is 195 Å². The second kappa shape index (κ2) is 12.3. The van der Waals surface area contributed by atoms with Crippen molar-refractivity contribution < 1.29 is 0 Å². The fourth-order valence-electron chi connectivity index (χ4n) is 3.26. The normalized spacial score (nSPS) is 16.6. The van der Waals surface area contributed by atoms with Crippen molar-refractivity contribution in [3.8, 4) is 0 Å². The maximum Gasteiger partial charge on any atom is 0.191 e. The maximum atomic E-state index is 4.77. The number of aromatic nitrogens is 3. The average Bonchev–Trinajstić information content (AvgIpc) is 3.31. The Kier molecular flexibility index (Phi) is 10.1. The molecule has 9 heteroatoms. The van der Waals surface area contributed by atoms with Crippen LogP contribution in [-0.2, 0) is 13.6 Å². The monoisotopic (exact) mass is 529 g/mol. The fourth-order valence-corrected chi connectivity index (χ4v) is 3.69. The number of hydrogen-bond donors (Lipinski definition) is 2. The molecule has 0 radical (unpaired) electrons. The number of hydrogen-bond acceptors (Lipinski definition) is 5. The largest absolute Gasteiger partial charge is 0.369 e. The molecule has 1 saturated heterocycles. The lowest BCUT2D eigenvalue weighted by molar-refractivity contribution is 0.642. The summed E-state index contributed by atoms with van der Waals surface area (Å²) in [6.45, 7) is 5.43. The maximum absolute atomic E-state index is 4.77. The van der Waals surface area contributed by atoms with Crippen molar-refractivity contribution in [2.45, 2.75) is 32.4 Å². The topological polar surface area (TPSA) is 70.4 Å². The van der Waals surface area contributed by atoms with Crippen molar-refractivity contribution in [1.29, 1.82) is 0 Å². The van der Waals surface area contributed by atoms with E-state index in [2.05, 4.69) is 62.3 Å². The number of halogens is 1. The summed E-state index contributed by atoms with van der Waals surface area (Å²) < 4.78 is 1.99. The van der Waals surface area contributed by atoms with Crippen LogP contribution in [0, 0.1) is 6.92 Å². The van der Waals surface area contributed by atoms with Gasteiger partial charge in [0.15, 0.2) is 11.8 Å². The molecule has 2 aromatic rings. The fraction of sp³-hybridized carbons (Fsp3) is 0.550. The zero-order chi connectivity index (χ0) is 19.8. The molecule has 0 bridgehead atoms. The van der Waals surface area contributed by atoms with Gasteiger partial charge >= 0.3 is 0 Å². The molecule has 0 spiro atoms. The van der Waals surface area contributed by atoms with E-state index < -0.39 is 0 Å². The second-order valence-electron chi connectivity index (χ2n) is 7.07. The van der Waals surface area contributed by atoms with Crippen molar-refractivity contribution in [3.05, 3.63) is 42.0 Å². The molecular formula is C20H32IN7S. The van der Waals surface area contributed by atoms with Gasteiger partial charge in [0.1, 0.15) is 12.4 Å². The minimum absolute atomic E-state index is 0. The smallest absolute Gasteiger partial charge is 0.191 e. The highest BCUT2D eigenvalue weighted by molar-refractivity contribution is 14.0. The molecule has 1 aliphatic heterocycles. The lowest BCUT2D eigenvalue weighted by Gasteiger charge is -2.20. The van der Waals surface area contributed by atoms with Gasteiger partial charge in [-0.05, 0) is 43.9 Å². The van der Waals surface area contributed by atoms with E-state index in [0.717, 1.165) is 55.8 Å². The molecule has 2 heterocycles. The van der Waals surface area contributed by atoms with Crippen LogP contribution in [0.5, 0.6) is 0 Å². The molecule has 1 aromatic carbocycles. The van der Waals surface area contributed by atoms with E-state index in [4.69, 9.17) is 4.99 Å². The number of nitrogens with zero attached hydrogens (tertiary/aromatic N) is 5. The van der Waals surface area contributed by atoms with Crippen molar-refractivity contribution in [2.75, 3.05) is 36.5 Å². The molecule has 1 aromatic heterocycles. The Morgan fingerprint density at radius 2 is 2.07 bits per heavy atom. The molecule has 1 fully saturated rings. The van der Waals surface area contributed by atoms with E-state index in [0.29, 0.717) is 12.6 Å². The van der Waals surface area contributed by atoms with Crippen LogP contribution in [-0.4, -0.2) is 58.4 Å². The molecule has 160 valence electrons. The molecule has 1 unspecified atom stereocenters. The molecular weight excluding hydrogens is 497 g/mol. The van der Waals surface area contributed by atoms with Gasteiger partial charge in [-0.1, -0.05) is 18.2 Å². The summed E-state index contributed by atoms with van der Waals surface area (Å²) in [7, 11) is 1.98. The summed E-state index contributed by atoms with van der Waals surface area (Å²) in [4.78, 5) is 7.20. The third kappa shape index (κ3) is 7.06. The van der Waals surface area contributed by atoms with Gasteiger partial charge in [-0.3, -0.25) is 0 Å². The van der Waals surface area contributed by atoms with Crippen LogP contribution in [0.25, 0.3) is 0 Å². The Balaban J connectivity index is 0.00000300. The number of rotatable bonds is 8. The summed E-state index contributed by atoms with van der Waals surface area (Å²) in [6.07, 6.45) is 4.36. The number of anilines is 1. The van der Waals surface area contributed by atoms with Crippen molar-refractivity contribution in [1.82, 2.24) is 25.4 Å². The number of guanidine groups is 1. The second-order valence-corrected chi connectivity index (χ2v) is 8.06. The van der Waals surface area contributed by atoms with Crippen LogP contribution >= 0.6 is 35.7 Å². The number of thioether (sulfide) groups is 1. The third-order valence-electron chi connectivity index (χ3n) is 5.03. The van der Waals surface area contributed by atoms with E-state index in [1.54, 1.807) is 0 Å². The van der Waals surface area contributed by atoms with Gasteiger partial charge in [0, 0.05) is 38.4 Å². The highest BCUT2D eigenvalue weighted by atomic mass is 127. The summed E-state index contributed by atoms with van der Waals surface area (Å²) >= 11 is 1.87. The first-order valence-corrected chi connectivity index (χ1v) is 11.3. The quantitative estimate of drug-likeness (QED) is 0.237. The highest BCUT2D eigenvalue weighted by Crippen LogP contribution is 2.19. The van der Waals surface area contributed by atoms with Crippen LogP contribution in [0.2, 0.25) is 0 Å². The molecule has 0 amide bonds. The Hall–Kier alpha value is -1.49. The van der Waals surface area contributed by atoms with Crippen LogP contribution in [0.1, 0.15) is 24.5 Å². The van der Waals surface area contributed by atoms with Crippen molar-refractivity contribution >= 4 is 47.4 Å². The Morgan fingerprint density at radius 3 is 2.76 bits per heavy atom. The molecule has 7 nitrogen and oxygen atoms in total. The van der Waals surface area contributed by atoms with Crippen LogP contribution in [0.3, 0.4) is 0 Å². The summed E-state index contributed by atoms with van der Waals surface area (Å²) in [5.41, 5.74) is 1.28. The van der Waals surface area contributed by atoms with Gasteiger partial charge in [-0.15, -0.1) is 34.2 Å². The van der Waals surface area contributed by atoms with E-state index in [1.807, 2.05) is 30.3 Å². The number of benzene rings is 1. The van der Waals surface area contributed by atoms with Crippen molar-refractivity contribution in [3.63, 3.8) is 0 Å².